The molecule has 106 valence electrons. The molecule has 0 bridgehead atoms. The van der Waals surface area contributed by atoms with Gasteiger partial charge >= 0.3 is 6.09 Å². The molecule has 0 aliphatic rings. The van der Waals surface area contributed by atoms with Crippen LogP contribution in [0.5, 0.6) is 0 Å². The predicted octanol–water partition coefficient (Wildman–Crippen LogP) is 3.07. The van der Waals surface area contributed by atoms with Crippen molar-refractivity contribution in [3.63, 3.8) is 0 Å². The first-order valence-electron chi connectivity index (χ1n) is 6.04. The van der Waals surface area contributed by atoms with Crippen molar-refractivity contribution < 1.29 is 14.6 Å². The highest BCUT2D eigenvalue weighted by Crippen LogP contribution is 2.23. The lowest BCUT2D eigenvalue weighted by Gasteiger charge is -2.30. The van der Waals surface area contributed by atoms with Crippen LogP contribution in [-0.2, 0) is 10.3 Å². The number of carbonyl (C=O) groups is 1. The molecule has 0 saturated carbocycles. The van der Waals surface area contributed by atoms with Crippen LogP contribution in [0, 0.1) is 0 Å². The summed E-state index contributed by atoms with van der Waals surface area (Å²) in [5.41, 5.74) is -0.738. The summed E-state index contributed by atoms with van der Waals surface area (Å²) in [6.45, 7) is 6.83. The van der Waals surface area contributed by atoms with Crippen molar-refractivity contribution in [3.05, 3.63) is 34.9 Å². The van der Waals surface area contributed by atoms with Crippen molar-refractivity contribution >= 4 is 17.7 Å². The first-order valence-corrected chi connectivity index (χ1v) is 6.42. The quantitative estimate of drug-likeness (QED) is 0.897. The van der Waals surface area contributed by atoms with Gasteiger partial charge in [0, 0.05) is 5.02 Å². The van der Waals surface area contributed by atoms with Crippen molar-refractivity contribution in [3.8, 4) is 0 Å². The Morgan fingerprint density at radius 3 is 2.21 bits per heavy atom. The van der Waals surface area contributed by atoms with E-state index in [-0.39, 0.29) is 6.61 Å². The minimum absolute atomic E-state index is 0.242. The second-order valence-electron chi connectivity index (χ2n) is 5.62. The Labute approximate surface area is 118 Å². The fourth-order valence-electron chi connectivity index (χ4n) is 1.55. The number of aliphatic hydroxyl groups excluding tert-OH is 1. The molecule has 4 nitrogen and oxygen atoms in total. The van der Waals surface area contributed by atoms with Crippen molar-refractivity contribution in [2.24, 2.45) is 0 Å². The molecular formula is C14H20ClNO3. The number of ether oxygens (including phenoxy) is 1. The summed E-state index contributed by atoms with van der Waals surface area (Å²) in [5, 5.41) is 12.8. The zero-order chi connectivity index (χ0) is 14.7. The van der Waals surface area contributed by atoms with E-state index in [4.69, 9.17) is 16.3 Å². The van der Waals surface area contributed by atoms with Gasteiger partial charge in [0.2, 0.25) is 0 Å². The van der Waals surface area contributed by atoms with Gasteiger partial charge in [-0.15, -0.1) is 0 Å². The zero-order valence-electron chi connectivity index (χ0n) is 11.7. The molecule has 0 aliphatic carbocycles. The van der Waals surface area contributed by atoms with Crippen LogP contribution in [0.2, 0.25) is 5.02 Å². The van der Waals surface area contributed by atoms with Gasteiger partial charge in [-0.05, 0) is 45.4 Å². The highest BCUT2D eigenvalue weighted by Gasteiger charge is 2.30. The maximum absolute atomic E-state index is 11.8. The Morgan fingerprint density at radius 2 is 1.79 bits per heavy atom. The zero-order valence-corrected chi connectivity index (χ0v) is 12.4. The molecule has 1 rings (SSSR count). The van der Waals surface area contributed by atoms with Gasteiger partial charge in [-0.3, -0.25) is 0 Å². The standard InChI is InChI=1S/C14H20ClNO3/c1-13(2,3)19-12(18)16-14(4,9-17)10-5-7-11(15)8-6-10/h5-8,17H,9H2,1-4H3,(H,16,18). The number of carbonyl (C=O) groups excluding carboxylic acids is 1. The molecule has 19 heavy (non-hydrogen) atoms. The minimum atomic E-state index is -0.910. The van der Waals surface area contributed by atoms with Crippen LogP contribution >= 0.6 is 11.6 Å². The molecule has 0 heterocycles. The lowest BCUT2D eigenvalue weighted by atomic mass is 9.93. The smallest absolute Gasteiger partial charge is 0.408 e. The van der Waals surface area contributed by atoms with Crippen LogP contribution in [0.1, 0.15) is 33.3 Å². The van der Waals surface area contributed by atoms with E-state index < -0.39 is 17.2 Å². The van der Waals surface area contributed by atoms with E-state index in [1.165, 1.54) is 0 Å². The molecule has 0 saturated heterocycles. The topological polar surface area (TPSA) is 58.6 Å². The van der Waals surface area contributed by atoms with E-state index in [2.05, 4.69) is 5.32 Å². The van der Waals surface area contributed by atoms with E-state index in [9.17, 15) is 9.90 Å². The molecule has 1 amide bonds. The number of rotatable bonds is 3. The maximum Gasteiger partial charge on any atom is 0.408 e. The van der Waals surface area contributed by atoms with Crippen LogP contribution in [0.4, 0.5) is 4.79 Å². The van der Waals surface area contributed by atoms with Crippen molar-refractivity contribution in [1.82, 2.24) is 5.32 Å². The molecule has 0 spiro atoms. The second-order valence-corrected chi connectivity index (χ2v) is 6.06. The molecule has 0 fully saturated rings. The molecule has 1 atom stereocenters. The van der Waals surface area contributed by atoms with Gasteiger partial charge in [0.1, 0.15) is 5.60 Å². The van der Waals surface area contributed by atoms with Gasteiger partial charge < -0.3 is 15.2 Å². The fraction of sp³-hybridized carbons (Fsp3) is 0.500. The molecule has 1 aromatic rings. The summed E-state index contributed by atoms with van der Waals surface area (Å²) in [6, 6.07) is 6.94. The van der Waals surface area contributed by atoms with Gasteiger partial charge in [0.05, 0.1) is 12.1 Å². The minimum Gasteiger partial charge on any atom is -0.444 e. The van der Waals surface area contributed by atoms with E-state index in [0.29, 0.717) is 5.02 Å². The van der Waals surface area contributed by atoms with Gasteiger partial charge in [0.25, 0.3) is 0 Å². The highest BCUT2D eigenvalue weighted by molar-refractivity contribution is 6.30. The lowest BCUT2D eigenvalue weighted by molar-refractivity contribution is 0.0411. The first-order chi connectivity index (χ1) is 8.66. The Morgan fingerprint density at radius 1 is 1.26 bits per heavy atom. The predicted molar refractivity (Wildman–Crippen MR) is 75.3 cm³/mol. The number of hydrogen-bond acceptors (Lipinski definition) is 3. The second kappa shape index (κ2) is 5.80. The third-order valence-corrected chi connectivity index (χ3v) is 2.83. The SMILES string of the molecule is CC(C)(C)OC(=O)NC(C)(CO)c1ccc(Cl)cc1. The van der Waals surface area contributed by atoms with E-state index in [1.54, 1.807) is 52.0 Å². The monoisotopic (exact) mass is 285 g/mol. The van der Waals surface area contributed by atoms with Crippen LogP contribution in [0.15, 0.2) is 24.3 Å². The average molecular weight is 286 g/mol. The molecule has 0 radical (unpaired) electrons. The average Bonchev–Trinajstić information content (AvgIpc) is 2.26. The third-order valence-electron chi connectivity index (χ3n) is 2.57. The lowest BCUT2D eigenvalue weighted by Crippen LogP contribution is -2.48. The number of halogens is 1. The number of nitrogens with one attached hydrogen (secondary N) is 1. The number of alkyl carbamates (subject to hydrolysis) is 1. The molecule has 0 aliphatic heterocycles. The fourth-order valence-corrected chi connectivity index (χ4v) is 1.68. The van der Waals surface area contributed by atoms with Crippen molar-refractivity contribution in [2.45, 2.75) is 38.8 Å². The van der Waals surface area contributed by atoms with Crippen molar-refractivity contribution in [1.29, 1.82) is 0 Å². The Balaban J connectivity index is 2.86. The Kier molecular flexibility index (Phi) is 4.82. The van der Waals surface area contributed by atoms with Crippen LogP contribution in [0.3, 0.4) is 0 Å². The first kappa shape index (κ1) is 15.8. The number of aliphatic hydroxyl groups is 1. The number of hydrogen-bond donors (Lipinski definition) is 2. The molecule has 5 heteroatoms. The van der Waals surface area contributed by atoms with Gasteiger partial charge in [-0.2, -0.15) is 0 Å². The third kappa shape index (κ3) is 4.73. The molecule has 0 aromatic heterocycles. The van der Waals surface area contributed by atoms with Crippen LogP contribution in [-0.4, -0.2) is 23.4 Å². The van der Waals surface area contributed by atoms with Gasteiger partial charge in [-0.25, -0.2) is 4.79 Å². The van der Waals surface area contributed by atoms with E-state index >= 15 is 0 Å². The van der Waals surface area contributed by atoms with Crippen LogP contribution < -0.4 is 5.32 Å². The summed E-state index contributed by atoms with van der Waals surface area (Å²) < 4.78 is 5.19. The normalized spacial score (nSPS) is 14.6. The number of amides is 1. The molecule has 2 N–H and O–H groups in total. The van der Waals surface area contributed by atoms with E-state index in [0.717, 1.165) is 5.56 Å². The maximum atomic E-state index is 11.8. The highest BCUT2D eigenvalue weighted by atomic mass is 35.5. The van der Waals surface area contributed by atoms with Gasteiger partial charge in [-0.1, -0.05) is 23.7 Å². The Hall–Kier alpha value is -1.26. The molecular weight excluding hydrogens is 266 g/mol. The summed E-state index contributed by atoms with van der Waals surface area (Å²) in [6.07, 6.45) is -0.570. The molecule has 1 unspecified atom stereocenters. The summed E-state index contributed by atoms with van der Waals surface area (Å²) in [5.74, 6) is 0. The number of benzene rings is 1. The summed E-state index contributed by atoms with van der Waals surface area (Å²) in [7, 11) is 0. The molecule has 1 aromatic carbocycles. The van der Waals surface area contributed by atoms with Crippen molar-refractivity contribution in [2.75, 3.05) is 6.61 Å². The summed E-state index contributed by atoms with van der Waals surface area (Å²) in [4.78, 5) is 11.8. The summed E-state index contributed by atoms with van der Waals surface area (Å²) >= 11 is 5.82. The largest absolute Gasteiger partial charge is 0.444 e. The van der Waals surface area contributed by atoms with Crippen LogP contribution in [0.25, 0.3) is 0 Å². The van der Waals surface area contributed by atoms with Gasteiger partial charge in [0.15, 0.2) is 0 Å². The Bertz CT molecular complexity index is 439. The van der Waals surface area contributed by atoms with E-state index in [1.807, 2.05) is 0 Å².